The van der Waals surface area contributed by atoms with Crippen molar-refractivity contribution in [3.05, 3.63) is 75.8 Å². The van der Waals surface area contributed by atoms with Gasteiger partial charge in [-0.1, -0.05) is 56.3 Å². The van der Waals surface area contributed by atoms with Gasteiger partial charge in [-0.15, -0.1) is 0 Å². The van der Waals surface area contributed by atoms with Crippen molar-refractivity contribution in [3.63, 3.8) is 0 Å². The summed E-state index contributed by atoms with van der Waals surface area (Å²) in [6.45, 7) is 4.88. The van der Waals surface area contributed by atoms with E-state index in [1.54, 1.807) is 7.11 Å². The lowest BCUT2D eigenvalue weighted by molar-refractivity contribution is 0.258. The maximum atomic E-state index is 9.79. The highest BCUT2D eigenvalue weighted by molar-refractivity contribution is 9.10. The molecule has 0 amide bonds. The van der Waals surface area contributed by atoms with Gasteiger partial charge in [0.15, 0.2) is 0 Å². The molecule has 0 saturated carbocycles. The third kappa shape index (κ3) is 4.69. The number of ether oxygens (including phenoxy) is 2. The maximum Gasteiger partial charge on any atom is 0.145 e. The molecule has 7 heteroatoms. The van der Waals surface area contributed by atoms with Gasteiger partial charge < -0.3 is 24.3 Å². The number of methoxy groups -OCH3 is 1. The monoisotopic (exact) mass is 524 g/mol. The molecule has 1 heterocycles. The summed E-state index contributed by atoms with van der Waals surface area (Å²) in [5, 5.41) is 19.4. The van der Waals surface area contributed by atoms with E-state index in [1.807, 2.05) is 34.9 Å². The number of hydrogen-bond donors (Lipinski definition) is 2. The SMILES string of the molecule is COc1cc(COc2ccccc2CO)c(Br)c2nc(-c3ccc(C(C)C)cc3)n(CCO)c12. The van der Waals surface area contributed by atoms with Gasteiger partial charge in [0.05, 0.1) is 24.8 Å². The van der Waals surface area contributed by atoms with Crippen LogP contribution in [0.5, 0.6) is 11.5 Å². The third-order valence-electron chi connectivity index (χ3n) is 5.90. The van der Waals surface area contributed by atoms with Gasteiger partial charge in [0.25, 0.3) is 0 Å². The van der Waals surface area contributed by atoms with Gasteiger partial charge in [-0.25, -0.2) is 4.98 Å². The van der Waals surface area contributed by atoms with E-state index in [0.717, 1.165) is 38.0 Å². The normalized spacial score (nSPS) is 11.4. The second kappa shape index (κ2) is 10.6. The highest BCUT2D eigenvalue weighted by Gasteiger charge is 2.21. The molecular formula is C27H29BrN2O4. The Morgan fingerprint density at radius 1 is 1.00 bits per heavy atom. The number of fused-ring (bicyclic) bond motifs is 1. The van der Waals surface area contributed by atoms with Crippen LogP contribution in [0, 0.1) is 0 Å². The largest absolute Gasteiger partial charge is 0.494 e. The summed E-state index contributed by atoms with van der Waals surface area (Å²) < 4.78 is 14.6. The molecular weight excluding hydrogens is 496 g/mol. The fourth-order valence-corrected chi connectivity index (χ4v) is 4.55. The predicted molar refractivity (Wildman–Crippen MR) is 137 cm³/mol. The Kier molecular flexibility index (Phi) is 7.56. The first-order valence-corrected chi connectivity index (χ1v) is 12.1. The van der Waals surface area contributed by atoms with Crippen LogP contribution in [0.4, 0.5) is 0 Å². The van der Waals surface area contributed by atoms with Crippen molar-refractivity contribution in [3.8, 4) is 22.9 Å². The summed E-state index contributed by atoms with van der Waals surface area (Å²) in [5.41, 5.74) is 5.38. The fourth-order valence-electron chi connectivity index (χ4n) is 4.04. The van der Waals surface area contributed by atoms with Crippen LogP contribution >= 0.6 is 15.9 Å². The molecule has 4 aromatic rings. The Bertz CT molecular complexity index is 1280. The van der Waals surface area contributed by atoms with E-state index >= 15 is 0 Å². The number of aromatic nitrogens is 2. The second-order valence-corrected chi connectivity index (χ2v) is 9.18. The van der Waals surface area contributed by atoms with Crippen molar-refractivity contribution in [2.24, 2.45) is 0 Å². The molecule has 1 aromatic heterocycles. The minimum absolute atomic E-state index is 0.0217. The highest BCUT2D eigenvalue weighted by Crippen LogP contribution is 2.38. The molecule has 0 spiro atoms. The van der Waals surface area contributed by atoms with E-state index in [2.05, 4.69) is 54.0 Å². The van der Waals surface area contributed by atoms with Crippen molar-refractivity contribution in [1.29, 1.82) is 0 Å². The number of para-hydroxylation sites is 1. The molecule has 6 nitrogen and oxygen atoms in total. The summed E-state index contributed by atoms with van der Waals surface area (Å²) in [4.78, 5) is 4.96. The first kappa shape index (κ1) is 24.3. The molecule has 0 atom stereocenters. The summed E-state index contributed by atoms with van der Waals surface area (Å²) in [6.07, 6.45) is 0. The number of rotatable bonds is 9. The molecule has 0 aliphatic carbocycles. The van der Waals surface area contributed by atoms with E-state index in [1.165, 1.54) is 5.56 Å². The minimum atomic E-state index is -0.0930. The molecule has 0 saturated heterocycles. The first-order valence-electron chi connectivity index (χ1n) is 11.3. The lowest BCUT2D eigenvalue weighted by atomic mass is 10.0. The lowest BCUT2D eigenvalue weighted by Crippen LogP contribution is -2.06. The van der Waals surface area contributed by atoms with E-state index in [4.69, 9.17) is 14.5 Å². The van der Waals surface area contributed by atoms with Gasteiger partial charge in [-0.05, 0) is 39.5 Å². The molecule has 0 aliphatic heterocycles. The zero-order valence-corrected chi connectivity index (χ0v) is 21.2. The van der Waals surface area contributed by atoms with E-state index in [9.17, 15) is 10.2 Å². The fraction of sp³-hybridized carbons (Fsp3) is 0.296. The number of aliphatic hydroxyl groups excluding tert-OH is 2. The molecule has 0 fully saturated rings. The van der Waals surface area contributed by atoms with Crippen LogP contribution in [0.2, 0.25) is 0 Å². The van der Waals surface area contributed by atoms with Crippen molar-refractivity contribution in [2.45, 2.75) is 39.5 Å². The maximum absolute atomic E-state index is 9.79. The number of aliphatic hydroxyl groups is 2. The van der Waals surface area contributed by atoms with Crippen LogP contribution in [0.1, 0.15) is 36.5 Å². The molecule has 3 aromatic carbocycles. The zero-order chi connectivity index (χ0) is 24.2. The first-order chi connectivity index (χ1) is 16.5. The molecule has 34 heavy (non-hydrogen) atoms. The summed E-state index contributed by atoms with van der Waals surface area (Å²) in [5.74, 6) is 2.49. The topological polar surface area (TPSA) is 76.7 Å². The van der Waals surface area contributed by atoms with Gasteiger partial charge in [0.2, 0.25) is 0 Å². The molecule has 2 N–H and O–H groups in total. The summed E-state index contributed by atoms with van der Waals surface area (Å²) in [6, 6.07) is 17.7. The van der Waals surface area contributed by atoms with Crippen LogP contribution in [-0.4, -0.2) is 33.5 Å². The predicted octanol–water partition coefficient (Wildman–Crippen LogP) is 5.66. The average Bonchev–Trinajstić information content (AvgIpc) is 3.24. The van der Waals surface area contributed by atoms with Crippen LogP contribution in [0.25, 0.3) is 22.4 Å². The molecule has 0 bridgehead atoms. The van der Waals surface area contributed by atoms with E-state index in [0.29, 0.717) is 24.0 Å². The summed E-state index contributed by atoms with van der Waals surface area (Å²) in [7, 11) is 1.63. The zero-order valence-electron chi connectivity index (χ0n) is 19.6. The molecule has 178 valence electrons. The van der Waals surface area contributed by atoms with Gasteiger partial charge in [0.1, 0.15) is 35.0 Å². The van der Waals surface area contributed by atoms with Crippen molar-refractivity contribution in [1.82, 2.24) is 9.55 Å². The van der Waals surface area contributed by atoms with Gasteiger partial charge in [-0.3, -0.25) is 0 Å². The number of nitrogens with zero attached hydrogens (tertiary/aromatic N) is 2. The van der Waals surface area contributed by atoms with Gasteiger partial charge >= 0.3 is 0 Å². The Morgan fingerprint density at radius 3 is 2.38 bits per heavy atom. The average molecular weight is 525 g/mol. The van der Waals surface area contributed by atoms with Crippen molar-refractivity contribution < 1.29 is 19.7 Å². The van der Waals surface area contributed by atoms with Crippen LogP contribution in [0.15, 0.2) is 59.1 Å². The number of benzene rings is 3. The molecule has 0 unspecified atom stereocenters. The Morgan fingerprint density at radius 2 is 1.74 bits per heavy atom. The molecule has 0 aliphatic rings. The third-order valence-corrected chi connectivity index (χ3v) is 6.79. The van der Waals surface area contributed by atoms with Crippen molar-refractivity contribution in [2.75, 3.05) is 13.7 Å². The van der Waals surface area contributed by atoms with E-state index in [-0.39, 0.29) is 19.8 Å². The number of hydrogen-bond acceptors (Lipinski definition) is 5. The van der Waals surface area contributed by atoms with Crippen LogP contribution in [0.3, 0.4) is 0 Å². The van der Waals surface area contributed by atoms with E-state index < -0.39 is 0 Å². The summed E-state index contributed by atoms with van der Waals surface area (Å²) >= 11 is 3.73. The number of imidazole rings is 1. The Hall–Kier alpha value is -2.87. The molecule has 0 radical (unpaired) electrons. The standard InChI is InChI=1S/C27H29BrN2O4/c1-17(2)18-8-10-19(11-9-18)27-29-25-24(28)21(14-23(33-3)26(25)30(27)12-13-31)16-34-22-7-5-4-6-20(22)15-32/h4-11,14,17,31-32H,12-13,15-16H2,1-3H3. The molecule has 4 rings (SSSR count). The lowest BCUT2D eigenvalue weighted by Gasteiger charge is -2.14. The smallest absolute Gasteiger partial charge is 0.145 e. The van der Waals surface area contributed by atoms with Crippen LogP contribution in [-0.2, 0) is 19.8 Å². The quantitative estimate of drug-likeness (QED) is 0.295. The van der Waals surface area contributed by atoms with Crippen LogP contribution < -0.4 is 9.47 Å². The number of halogens is 1. The van der Waals surface area contributed by atoms with Gasteiger partial charge in [0, 0.05) is 23.2 Å². The Balaban J connectivity index is 1.80. The second-order valence-electron chi connectivity index (χ2n) is 8.39. The Labute approximate surface area is 207 Å². The van der Waals surface area contributed by atoms with Gasteiger partial charge in [-0.2, -0.15) is 0 Å². The highest BCUT2D eigenvalue weighted by atomic mass is 79.9. The van der Waals surface area contributed by atoms with Crippen molar-refractivity contribution >= 4 is 27.0 Å². The minimum Gasteiger partial charge on any atom is -0.494 e.